The van der Waals surface area contributed by atoms with Crippen molar-refractivity contribution in [2.75, 3.05) is 39.5 Å². The Kier molecular flexibility index (Phi) is 8.92. The van der Waals surface area contributed by atoms with Crippen LogP contribution < -0.4 is 9.47 Å². The maximum Gasteiger partial charge on any atom is 0.303 e. The van der Waals surface area contributed by atoms with E-state index >= 15 is 0 Å². The van der Waals surface area contributed by atoms with Crippen molar-refractivity contribution in [3.63, 3.8) is 0 Å². The zero-order chi connectivity index (χ0) is 25.3. The Morgan fingerprint density at radius 2 is 1.69 bits per heavy atom. The van der Waals surface area contributed by atoms with Crippen LogP contribution in [0.5, 0.6) is 11.6 Å². The fourth-order valence-corrected chi connectivity index (χ4v) is 4.37. The molecule has 7 nitrogen and oxygen atoms in total. The highest BCUT2D eigenvalue weighted by Crippen LogP contribution is 2.31. The molecule has 36 heavy (non-hydrogen) atoms. The van der Waals surface area contributed by atoms with E-state index in [-0.39, 0.29) is 6.42 Å². The van der Waals surface area contributed by atoms with Gasteiger partial charge in [0.1, 0.15) is 19.0 Å². The van der Waals surface area contributed by atoms with Crippen molar-refractivity contribution in [3.8, 4) is 22.9 Å². The SMILES string of the molecule is Cc1cc(OCCN2CCOCC2)cc(C)c1-c1cccc(OCc2ccc(CCC(=O)O)cc2)n1. The number of rotatable bonds is 11. The molecule has 3 aromatic rings. The minimum atomic E-state index is -0.787. The fraction of sp³-hybridized carbons (Fsp3) is 0.379. The number of aryl methyl sites for hydroxylation is 3. The molecule has 1 aromatic heterocycles. The first-order valence-corrected chi connectivity index (χ1v) is 12.4. The van der Waals surface area contributed by atoms with Crippen LogP contribution in [-0.2, 0) is 22.6 Å². The van der Waals surface area contributed by atoms with Gasteiger partial charge < -0.3 is 19.3 Å². The molecular weight excluding hydrogens is 456 g/mol. The summed E-state index contributed by atoms with van der Waals surface area (Å²) in [5, 5.41) is 8.83. The first-order valence-electron chi connectivity index (χ1n) is 12.4. The second kappa shape index (κ2) is 12.5. The van der Waals surface area contributed by atoms with Crippen LogP contribution >= 0.6 is 0 Å². The molecule has 0 aliphatic carbocycles. The van der Waals surface area contributed by atoms with Crippen molar-refractivity contribution < 1.29 is 24.1 Å². The first-order chi connectivity index (χ1) is 17.5. The normalized spacial score (nSPS) is 13.9. The Hall–Kier alpha value is -3.42. The smallest absolute Gasteiger partial charge is 0.303 e. The minimum Gasteiger partial charge on any atom is -0.492 e. The molecule has 1 aliphatic rings. The molecule has 2 heterocycles. The summed E-state index contributed by atoms with van der Waals surface area (Å²) in [6.45, 7) is 9.62. The van der Waals surface area contributed by atoms with Crippen molar-refractivity contribution in [3.05, 3.63) is 76.9 Å². The molecule has 0 atom stereocenters. The molecule has 1 saturated heterocycles. The van der Waals surface area contributed by atoms with E-state index in [1.54, 1.807) is 0 Å². The van der Waals surface area contributed by atoms with E-state index in [9.17, 15) is 4.79 Å². The number of ether oxygens (including phenoxy) is 3. The van der Waals surface area contributed by atoms with Gasteiger partial charge in [-0.1, -0.05) is 30.3 Å². The fourth-order valence-electron chi connectivity index (χ4n) is 4.37. The van der Waals surface area contributed by atoms with Gasteiger partial charge in [-0.25, -0.2) is 4.98 Å². The Morgan fingerprint density at radius 3 is 2.39 bits per heavy atom. The van der Waals surface area contributed by atoms with Crippen molar-refractivity contribution in [1.82, 2.24) is 9.88 Å². The van der Waals surface area contributed by atoms with E-state index in [0.29, 0.717) is 25.5 Å². The minimum absolute atomic E-state index is 0.132. The van der Waals surface area contributed by atoms with Gasteiger partial charge in [-0.05, 0) is 60.7 Å². The number of aromatic nitrogens is 1. The number of carboxylic acid groups (broad SMARTS) is 1. The highest BCUT2D eigenvalue weighted by atomic mass is 16.5. The summed E-state index contributed by atoms with van der Waals surface area (Å²) in [6.07, 6.45) is 0.656. The van der Waals surface area contributed by atoms with Gasteiger partial charge in [0.05, 0.1) is 18.9 Å². The number of hydrogen-bond donors (Lipinski definition) is 1. The second-order valence-electron chi connectivity index (χ2n) is 9.09. The molecule has 190 valence electrons. The first kappa shape index (κ1) is 25.7. The number of carbonyl (C=O) groups is 1. The standard InChI is InChI=1S/C29H34N2O5/c1-21-18-25(35-17-14-31-12-15-34-16-13-31)19-22(2)29(21)26-4-3-5-27(30-26)36-20-24-8-6-23(7-9-24)10-11-28(32)33/h3-9,18-19H,10-17,20H2,1-2H3,(H,32,33). The number of hydrogen-bond acceptors (Lipinski definition) is 6. The largest absolute Gasteiger partial charge is 0.492 e. The van der Waals surface area contributed by atoms with E-state index in [0.717, 1.165) is 72.1 Å². The quantitative estimate of drug-likeness (QED) is 0.418. The van der Waals surface area contributed by atoms with Crippen LogP contribution in [0.3, 0.4) is 0 Å². The molecule has 1 fully saturated rings. The van der Waals surface area contributed by atoms with Crippen molar-refractivity contribution in [1.29, 1.82) is 0 Å². The molecule has 0 spiro atoms. The van der Waals surface area contributed by atoms with Crippen molar-refractivity contribution in [2.45, 2.75) is 33.3 Å². The number of aliphatic carboxylic acids is 1. The maximum atomic E-state index is 10.7. The lowest BCUT2D eigenvalue weighted by Crippen LogP contribution is -2.38. The van der Waals surface area contributed by atoms with E-state index in [1.807, 2.05) is 42.5 Å². The summed E-state index contributed by atoms with van der Waals surface area (Å²) in [6, 6.07) is 17.8. The van der Waals surface area contributed by atoms with E-state index in [2.05, 4.69) is 30.9 Å². The number of morpholine rings is 1. The van der Waals surface area contributed by atoms with Gasteiger partial charge in [0.15, 0.2) is 0 Å². The Bertz CT molecular complexity index is 1130. The van der Waals surface area contributed by atoms with E-state index in [1.165, 1.54) is 0 Å². The van der Waals surface area contributed by atoms with Crippen LogP contribution in [0.1, 0.15) is 28.7 Å². The zero-order valence-electron chi connectivity index (χ0n) is 21.0. The Morgan fingerprint density at radius 1 is 1.00 bits per heavy atom. The molecule has 2 aromatic carbocycles. The number of carboxylic acids is 1. The molecule has 0 amide bonds. The predicted molar refractivity (Wildman–Crippen MR) is 139 cm³/mol. The lowest BCUT2D eigenvalue weighted by atomic mass is 9.99. The summed E-state index contributed by atoms with van der Waals surface area (Å²) in [7, 11) is 0. The van der Waals surface area contributed by atoms with Gasteiger partial charge in [0.2, 0.25) is 5.88 Å². The molecular formula is C29H34N2O5. The molecule has 1 aliphatic heterocycles. The maximum absolute atomic E-state index is 10.7. The molecule has 7 heteroatoms. The highest BCUT2D eigenvalue weighted by molar-refractivity contribution is 5.69. The highest BCUT2D eigenvalue weighted by Gasteiger charge is 2.13. The third kappa shape index (κ3) is 7.29. The Labute approximate surface area is 212 Å². The summed E-state index contributed by atoms with van der Waals surface area (Å²) in [4.78, 5) is 17.9. The molecule has 0 radical (unpaired) electrons. The van der Waals surface area contributed by atoms with Crippen LogP contribution in [-0.4, -0.2) is 60.4 Å². The lowest BCUT2D eigenvalue weighted by molar-refractivity contribution is -0.136. The van der Waals surface area contributed by atoms with Gasteiger partial charge in [0, 0.05) is 37.7 Å². The van der Waals surface area contributed by atoms with Crippen LogP contribution in [0.2, 0.25) is 0 Å². The summed E-state index contributed by atoms with van der Waals surface area (Å²) >= 11 is 0. The van der Waals surface area contributed by atoms with Gasteiger partial charge in [-0.15, -0.1) is 0 Å². The second-order valence-corrected chi connectivity index (χ2v) is 9.09. The molecule has 4 rings (SSSR count). The van der Waals surface area contributed by atoms with Crippen LogP contribution in [0.15, 0.2) is 54.6 Å². The number of benzene rings is 2. The summed E-state index contributed by atoms with van der Waals surface area (Å²) in [5.74, 6) is 0.651. The predicted octanol–water partition coefficient (Wildman–Crippen LogP) is 4.67. The number of nitrogens with zero attached hydrogens (tertiary/aromatic N) is 2. The van der Waals surface area contributed by atoms with Gasteiger partial charge >= 0.3 is 5.97 Å². The van der Waals surface area contributed by atoms with Crippen molar-refractivity contribution >= 4 is 5.97 Å². The average molecular weight is 491 g/mol. The molecule has 0 bridgehead atoms. The van der Waals surface area contributed by atoms with Crippen LogP contribution in [0, 0.1) is 13.8 Å². The molecule has 0 saturated carbocycles. The van der Waals surface area contributed by atoms with Gasteiger partial charge in [-0.2, -0.15) is 0 Å². The lowest BCUT2D eigenvalue weighted by Gasteiger charge is -2.26. The topological polar surface area (TPSA) is 81.1 Å². The summed E-state index contributed by atoms with van der Waals surface area (Å²) < 4.78 is 17.4. The third-order valence-corrected chi connectivity index (χ3v) is 6.30. The van der Waals surface area contributed by atoms with E-state index in [4.69, 9.17) is 24.3 Å². The van der Waals surface area contributed by atoms with Gasteiger partial charge in [0.25, 0.3) is 0 Å². The third-order valence-electron chi connectivity index (χ3n) is 6.30. The monoisotopic (exact) mass is 490 g/mol. The molecule has 1 N–H and O–H groups in total. The molecule has 0 unspecified atom stereocenters. The van der Waals surface area contributed by atoms with Gasteiger partial charge in [-0.3, -0.25) is 9.69 Å². The van der Waals surface area contributed by atoms with E-state index < -0.39 is 5.97 Å². The zero-order valence-corrected chi connectivity index (χ0v) is 21.0. The number of pyridine rings is 1. The van der Waals surface area contributed by atoms with Crippen LogP contribution in [0.4, 0.5) is 0 Å². The Balaban J connectivity index is 1.36. The summed E-state index contributed by atoms with van der Waals surface area (Å²) in [5.41, 5.74) is 6.18. The van der Waals surface area contributed by atoms with Crippen LogP contribution in [0.25, 0.3) is 11.3 Å². The average Bonchev–Trinajstić information content (AvgIpc) is 2.87. The van der Waals surface area contributed by atoms with Crippen molar-refractivity contribution in [2.24, 2.45) is 0 Å².